The number of rotatable bonds is 6. The van der Waals surface area contributed by atoms with Crippen molar-refractivity contribution in [2.24, 2.45) is 5.92 Å². The smallest absolute Gasteiger partial charge is 0.224 e. The van der Waals surface area contributed by atoms with Crippen LogP contribution >= 0.6 is 0 Å². The molecule has 2 N–H and O–H groups in total. The average molecular weight is 306 g/mol. The topological polar surface area (TPSA) is 86.7 Å². The zero-order valence-corrected chi connectivity index (χ0v) is 13.4. The Kier molecular flexibility index (Phi) is 5.97. The van der Waals surface area contributed by atoms with Crippen molar-refractivity contribution >= 4 is 15.9 Å². The second-order valence-corrected chi connectivity index (χ2v) is 7.59. The molecule has 0 bridgehead atoms. The highest BCUT2D eigenvalue weighted by atomic mass is 32.2. The molecule has 0 aromatic carbocycles. The van der Waals surface area contributed by atoms with Gasteiger partial charge in [-0.25, -0.2) is 12.7 Å². The molecule has 1 aliphatic rings. The van der Waals surface area contributed by atoms with Crippen molar-refractivity contribution in [3.05, 3.63) is 0 Å². The van der Waals surface area contributed by atoms with Crippen molar-refractivity contribution in [3.63, 3.8) is 0 Å². The van der Waals surface area contributed by atoms with Gasteiger partial charge in [0.25, 0.3) is 0 Å². The first kappa shape index (κ1) is 17.4. The van der Waals surface area contributed by atoms with Crippen LogP contribution < -0.4 is 5.32 Å². The summed E-state index contributed by atoms with van der Waals surface area (Å²) in [7, 11) is -3.24. The van der Waals surface area contributed by atoms with E-state index in [9.17, 15) is 18.3 Å². The van der Waals surface area contributed by atoms with E-state index in [2.05, 4.69) is 5.32 Å². The lowest BCUT2D eigenvalue weighted by atomic mass is 9.95. The summed E-state index contributed by atoms with van der Waals surface area (Å²) in [5.41, 5.74) is -0.874. The minimum atomic E-state index is -3.24. The van der Waals surface area contributed by atoms with Crippen molar-refractivity contribution < 1.29 is 18.3 Å². The van der Waals surface area contributed by atoms with Crippen LogP contribution in [0.25, 0.3) is 0 Å². The number of sulfonamides is 1. The van der Waals surface area contributed by atoms with Gasteiger partial charge >= 0.3 is 0 Å². The summed E-state index contributed by atoms with van der Waals surface area (Å²) < 4.78 is 24.4. The molecule has 1 heterocycles. The quantitative estimate of drug-likeness (QED) is 0.740. The Labute approximate surface area is 121 Å². The first-order chi connectivity index (χ1) is 9.22. The van der Waals surface area contributed by atoms with E-state index in [1.807, 2.05) is 13.8 Å². The zero-order valence-electron chi connectivity index (χ0n) is 12.6. The molecule has 0 radical (unpaired) electrons. The molecule has 6 nitrogen and oxygen atoms in total. The van der Waals surface area contributed by atoms with Gasteiger partial charge in [-0.2, -0.15) is 0 Å². The Bertz CT molecular complexity index is 432. The van der Waals surface area contributed by atoms with Crippen LogP contribution in [0.15, 0.2) is 0 Å². The summed E-state index contributed by atoms with van der Waals surface area (Å²) in [6.45, 7) is 4.69. The molecular formula is C13H26N2O4S. The van der Waals surface area contributed by atoms with Crippen LogP contribution in [0.1, 0.15) is 39.5 Å². The van der Waals surface area contributed by atoms with E-state index in [4.69, 9.17) is 0 Å². The normalized spacial score (nSPS) is 21.7. The van der Waals surface area contributed by atoms with E-state index >= 15 is 0 Å². The van der Waals surface area contributed by atoms with Crippen LogP contribution in [-0.2, 0) is 14.8 Å². The lowest BCUT2D eigenvalue weighted by Crippen LogP contribution is -2.48. The average Bonchev–Trinajstić information content (AvgIpc) is 2.43. The molecule has 1 amide bonds. The van der Waals surface area contributed by atoms with E-state index in [1.165, 1.54) is 10.6 Å². The molecule has 0 aromatic rings. The molecule has 1 unspecified atom stereocenters. The van der Waals surface area contributed by atoms with Gasteiger partial charge in [-0.15, -0.1) is 0 Å². The third-order valence-corrected chi connectivity index (χ3v) is 5.40. The van der Waals surface area contributed by atoms with Gasteiger partial charge in [0, 0.05) is 19.6 Å². The first-order valence-corrected chi connectivity index (χ1v) is 9.02. The van der Waals surface area contributed by atoms with Gasteiger partial charge in [0.2, 0.25) is 15.9 Å². The second-order valence-electron chi connectivity index (χ2n) is 5.61. The molecule has 0 saturated carbocycles. The van der Waals surface area contributed by atoms with E-state index in [-0.39, 0.29) is 24.9 Å². The zero-order chi connectivity index (χ0) is 15.4. The number of nitrogens with zero attached hydrogens (tertiary/aromatic N) is 1. The number of nitrogens with one attached hydrogen (secondary N) is 1. The summed E-state index contributed by atoms with van der Waals surface area (Å²) in [6, 6.07) is 0. The second kappa shape index (κ2) is 6.87. The molecule has 20 heavy (non-hydrogen) atoms. The predicted molar refractivity (Wildman–Crippen MR) is 77.7 cm³/mol. The van der Waals surface area contributed by atoms with Gasteiger partial charge in [0.05, 0.1) is 17.8 Å². The predicted octanol–water partition coefficient (Wildman–Crippen LogP) is 0.325. The van der Waals surface area contributed by atoms with Gasteiger partial charge in [-0.3, -0.25) is 4.79 Å². The minimum Gasteiger partial charge on any atom is -0.388 e. The van der Waals surface area contributed by atoms with Crippen molar-refractivity contribution in [1.82, 2.24) is 9.62 Å². The lowest BCUT2D eigenvalue weighted by Gasteiger charge is -2.31. The monoisotopic (exact) mass is 306 g/mol. The Morgan fingerprint density at radius 2 is 2.00 bits per heavy atom. The van der Waals surface area contributed by atoms with E-state index in [0.29, 0.717) is 32.2 Å². The highest BCUT2D eigenvalue weighted by Crippen LogP contribution is 2.19. The molecular weight excluding hydrogens is 280 g/mol. The van der Waals surface area contributed by atoms with Crippen molar-refractivity contribution in [2.45, 2.75) is 45.1 Å². The van der Waals surface area contributed by atoms with Crippen LogP contribution in [0.3, 0.4) is 0 Å². The number of hydrogen-bond donors (Lipinski definition) is 2. The molecule has 1 atom stereocenters. The van der Waals surface area contributed by atoms with E-state index < -0.39 is 15.6 Å². The summed E-state index contributed by atoms with van der Waals surface area (Å²) in [5.74, 6) is -0.491. The van der Waals surface area contributed by atoms with E-state index in [1.54, 1.807) is 0 Å². The fourth-order valence-corrected chi connectivity index (χ4v) is 3.27. The molecule has 1 saturated heterocycles. The maximum atomic E-state index is 12.1. The van der Waals surface area contributed by atoms with E-state index in [0.717, 1.165) is 0 Å². The number of amides is 1. The van der Waals surface area contributed by atoms with Crippen LogP contribution in [0.5, 0.6) is 0 Å². The van der Waals surface area contributed by atoms with Crippen molar-refractivity contribution in [2.75, 3.05) is 25.9 Å². The molecule has 1 fully saturated rings. The third kappa shape index (κ3) is 4.71. The molecule has 118 valence electrons. The van der Waals surface area contributed by atoms with Gasteiger partial charge in [-0.05, 0) is 25.7 Å². The van der Waals surface area contributed by atoms with Crippen molar-refractivity contribution in [3.8, 4) is 0 Å². The molecule has 0 aliphatic carbocycles. The minimum absolute atomic E-state index is 0.168. The number of hydrogen-bond acceptors (Lipinski definition) is 4. The highest BCUT2D eigenvalue weighted by molar-refractivity contribution is 7.88. The lowest BCUT2D eigenvalue weighted by molar-refractivity contribution is -0.127. The molecule has 1 rings (SSSR count). The molecule has 0 spiro atoms. The largest absolute Gasteiger partial charge is 0.388 e. The Morgan fingerprint density at radius 1 is 1.40 bits per heavy atom. The first-order valence-electron chi connectivity index (χ1n) is 7.17. The summed E-state index contributed by atoms with van der Waals surface area (Å²) in [5, 5.41) is 12.9. The fourth-order valence-electron chi connectivity index (χ4n) is 2.35. The maximum Gasteiger partial charge on any atom is 0.224 e. The van der Waals surface area contributed by atoms with Crippen molar-refractivity contribution in [1.29, 1.82) is 0 Å². The summed E-state index contributed by atoms with van der Waals surface area (Å²) in [6.07, 6.45) is 3.69. The number of carbonyl (C=O) groups is 1. The Morgan fingerprint density at radius 3 is 2.50 bits per heavy atom. The van der Waals surface area contributed by atoms with Crippen LogP contribution in [-0.4, -0.2) is 55.2 Å². The van der Waals surface area contributed by atoms with Gasteiger partial charge in [0.15, 0.2) is 0 Å². The molecule has 1 aliphatic heterocycles. The van der Waals surface area contributed by atoms with Gasteiger partial charge < -0.3 is 10.4 Å². The number of piperidine rings is 1. The summed E-state index contributed by atoms with van der Waals surface area (Å²) >= 11 is 0. The summed E-state index contributed by atoms with van der Waals surface area (Å²) in [4.78, 5) is 12.1. The van der Waals surface area contributed by atoms with Crippen LogP contribution in [0, 0.1) is 5.92 Å². The maximum absolute atomic E-state index is 12.1. The van der Waals surface area contributed by atoms with Gasteiger partial charge in [-0.1, -0.05) is 13.8 Å². The van der Waals surface area contributed by atoms with Crippen LogP contribution in [0.2, 0.25) is 0 Å². The highest BCUT2D eigenvalue weighted by Gasteiger charge is 2.31. The Hall–Kier alpha value is -0.660. The third-order valence-electron chi connectivity index (χ3n) is 4.13. The number of carbonyl (C=O) groups excluding carboxylic acids is 1. The molecule has 7 heteroatoms. The van der Waals surface area contributed by atoms with Gasteiger partial charge in [0.1, 0.15) is 0 Å². The number of aliphatic hydroxyl groups is 1. The fraction of sp³-hybridized carbons (Fsp3) is 0.923. The standard InChI is InChI=1S/C13H26N2O4S/c1-4-13(17,5-2)10-14-12(16)11-7-6-8-15(9-11)20(3,18)19/h11,17H,4-10H2,1-3H3,(H,14,16). The SMILES string of the molecule is CCC(O)(CC)CNC(=O)C1CCCN(S(C)(=O)=O)C1. The van der Waals surface area contributed by atoms with Crippen LogP contribution in [0.4, 0.5) is 0 Å². The molecule has 0 aromatic heterocycles. The Balaban J connectivity index is 2.56.